The zero-order valence-corrected chi connectivity index (χ0v) is 13.0. The van der Waals surface area contributed by atoms with E-state index < -0.39 is 49.6 Å². The van der Waals surface area contributed by atoms with Gasteiger partial charge < -0.3 is 10.2 Å². The van der Waals surface area contributed by atoms with Crippen LogP contribution in [0.15, 0.2) is 10.6 Å². The van der Waals surface area contributed by atoms with Crippen LogP contribution in [0.5, 0.6) is 0 Å². The molecule has 0 atom stereocenters. The number of aliphatic hydroxyl groups is 1. The summed E-state index contributed by atoms with van der Waals surface area (Å²) < 4.78 is 27.4. The molecule has 0 aliphatic heterocycles. The molecule has 0 saturated heterocycles. The second kappa shape index (κ2) is 6.40. The molecule has 1 aliphatic rings. The summed E-state index contributed by atoms with van der Waals surface area (Å²) in [4.78, 5) is 15.1. The number of aliphatic carboxylic acids is 1. The Hall–Kier alpha value is -1.37. The van der Waals surface area contributed by atoms with Gasteiger partial charge in [-0.1, -0.05) is 34.8 Å². The molecular formula is C13H8Cl3F2NO3. The summed E-state index contributed by atoms with van der Waals surface area (Å²) in [7, 11) is 0. The van der Waals surface area contributed by atoms with Crippen molar-refractivity contribution in [1.29, 1.82) is 0 Å². The molecule has 0 bridgehead atoms. The number of rotatable bonds is 4. The van der Waals surface area contributed by atoms with Gasteiger partial charge in [-0.25, -0.2) is 13.6 Å². The Morgan fingerprint density at radius 2 is 1.59 bits per heavy atom. The van der Waals surface area contributed by atoms with Crippen molar-refractivity contribution >= 4 is 52.7 Å². The number of hydrogen-bond acceptors (Lipinski definition) is 3. The summed E-state index contributed by atoms with van der Waals surface area (Å²) in [5.74, 6) is -5.25. The van der Waals surface area contributed by atoms with E-state index in [4.69, 9.17) is 39.9 Å². The Morgan fingerprint density at radius 3 is 2.00 bits per heavy atom. The summed E-state index contributed by atoms with van der Waals surface area (Å²) in [5, 5.41) is 16.6. The minimum absolute atomic E-state index is 0.0215. The van der Waals surface area contributed by atoms with Gasteiger partial charge in [0.15, 0.2) is 11.6 Å². The van der Waals surface area contributed by atoms with Gasteiger partial charge in [-0.15, -0.1) is 0 Å². The van der Waals surface area contributed by atoms with Gasteiger partial charge in [0, 0.05) is 6.21 Å². The number of nitrogens with zero attached hydrogens (tertiary/aromatic N) is 1. The molecule has 0 amide bonds. The molecule has 0 heterocycles. The number of hydrogen-bond donors (Lipinski definition) is 2. The first-order valence-electron chi connectivity index (χ1n) is 5.97. The molecule has 1 aromatic rings. The van der Waals surface area contributed by atoms with Gasteiger partial charge in [0.05, 0.1) is 21.7 Å². The Kier molecular flexibility index (Phi) is 4.94. The lowest BCUT2D eigenvalue weighted by Gasteiger charge is -2.11. The fraction of sp³-hybridized carbons (Fsp3) is 0.231. The van der Waals surface area contributed by atoms with Crippen LogP contribution in [0, 0.1) is 11.6 Å². The Labute approximate surface area is 138 Å². The van der Waals surface area contributed by atoms with E-state index in [1.54, 1.807) is 0 Å². The van der Waals surface area contributed by atoms with Crippen LogP contribution in [0.2, 0.25) is 15.1 Å². The predicted octanol–water partition coefficient (Wildman–Crippen LogP) is 4.51. The molecule has 0 radical (unpaired) electrons. The van der Waals surface area contributed by atoms with Crippen molar-refractivity contribution in [2.45, 2.75) is 18.9 Å². The van der Waals surface area contributed by atoms with Crippen molar-refractivity contribution in [2.24, 2.45) is 4.99 Å². The van der Waals surface area contributed by atoms with Gasteiger partial charge in [-0.3, -0.25) is 4.99 Å². The molecule has 1 aliphatic carbocycles. The molecule has 0 aromatic heterocycles. The Balaban J connectivity index is 2.66. The van der Waals surface area contributed by atoms with Crippen LogP contribution in [0.3, 0.4) is 0 Å². The number of benzene rings is 1. The maximum absolute atomic E-state index is 13.7. The van der Waals surface area contributed by atoms with Crippen molar-refractivity contribution in [2.75, 3.05) is 0 Å². The highest BCUT2D eigenvalue weighted by molar-refractivity contribution is 6.41. The van der Waals surface area contributed by atoms with E-state index in [-0.39, 0.29) is 6.04 Å². The highest BCUT2D eigenvalue weighted by Crippen LogP contribution is 2.39. The highest BCUT2D eigenvalue weighted by Gasteiger charge is 2.27. The van der Waals surface area contributed by atoms with Crippen molar-refractivity contribution in [3.8, 4) is 0 Å². The number of aliphatic imine (C=N–C) groups is 1. The van der Waals surface area contributed by atoms with E-state index in [1.165, 1.54) is 0 Å². The Morgan fingerprint density at radius 1 is 1.09 bits per heavy atom. The second-order valence-corrected chi connectivity index (χ2v) is 5.66. The summed E-state index contributed by atoms with van der Waals surface area (Å²) in [6.45, 7) is 0. The zero-order valence-electron chi connectivity index (χ0n) is 10.7. The molecule has 1 saturated carbocycles. The van der Waals surface area contributed by atoms with E-state index in [2.05, 4.69) is 4.99 Å². The molecule has 1 aromatic carbocycles. The van der Waals surface area contributed by atoms with Gasteiger partial charge in [-0.05, 0) is 12.8 Å². The van der Waals surface area contributed by atoms with Crippen molar-refractivity contribution in [3.05, 3.63) is 37.8 Å². The first kappa shape index (κ1) is 17.0. The number of halogens is 5. The molecule has 1 fully saturated rings. The highest BCUT2D eigenvalue weighted by atomic mass is 35.5. The van der Waals surface area contributed by atoms with Crippen LogP contribution in [0.4, 0.5) is 8.78 Å². The van der Waals surface area contributed by atoms with Gasteiger partial charge in [-0.2, -0.15) is 0 Å². The van der Waals surface area contributed by atoms with Crippen LogP contribution in [0.25, 0.3) is 5.76 Å². The molecule has 9 heteroatoms. The molecule has 0 unspecified atom stereocenters. The molecular weight excluding hydrogens is 363 g/mol. The first-order chi connectivity index (χ1) is 10.3. The molecule has 4 nitrogen and oxygen atoms in total. The van der Waals surface area contributed by atoms with Crippen LogP contribution in [-0.2, 0) is 4.79 Å². The lowest BCUT2D eigenvalue weighted by atomic mass is 10.1. The lowest BCUT2D eigenvalue weighted by Crippen LogP contribution is -2.08. The smallest absolute Gasteiger partial charge is 0.341 e. The van der Waals surface area contributed by atoms with Gasteiger partial charge in [0.2, 0.25) is 0 Å². The minimum Gasteiger partial charge on any atom is -0.506 e. The average molecular weight is 371 g/mol. The van der Waals surface area contributed by atoms with E-state index in [0.717, 1.165) is 19.1 Å². The maximum atomic E-state index is 13.7. The first-order valence-corrected chi connectivity index (χ1v) is 7.10. The number of carboxylic acids is 1. The van der Waals surface area contributed by atoms with E-state index in [0.29, 0.717) is 0 Å². The second-order valence-electron chi connectivity index (χ2n) is 4.52. The van der Waals surface area contributed by atoms with E-state index in [9.17, 15) is 18.7 Å². The fourth-order valence-electron chi connectivity index (χ4n) is 1.57. The number of aliphatic hydroxyl groups excluding tert-OH is 1. The topological polar surface area (TPSA) is 69.9 Å². The van der Waals surface area contributed by atoms with Gasteiger partial charge >= 0.3 is 5.97 Å². The van der Waals surface area contributed by atoms with Gasteiger partial charge in [0.1, 0.15) is 16.4 Å². The van der Waals surface area contributed by atoms with Crippen molar-refractivity contribution < 1.29 is 23.8 Å². The van der Waals surface area contributed by atoms with Crippen LogP contribution >= 0.6 is 34.8 Å². The SMILES string of the molecule is O=C(O)C(C=NC1CC1)=C(O)c1c(Cl)c(F)c(Cl)c(F)c1Cl. The van der Waals surface area contributed by atoms with Gasteiger partial charge in [0.25, 0.3) is 0 Å². The van der Waals surface area contributed by atoms with Crippen LogP contribution < -0.4 is 0 Å². The molecule has 118 valence electrons. The lowest BCUT2D eigenvalue weighted by molar-refractivity contribution is -0.132. The van der Waals surface area contributed by atoms with Crippen LogP contribution in [-0.4, -0.2) is 28.4 Å². The fourth-order valence-corrected chi connectivity index (χ4v) is 2.46. The van der Waals surface area contributed by atoms with Crippen molar-refractivity contribution in [1.82, 2.24) is 0 Å². The maximum Gasteiger partial charge on any atom is 0.341 e. The third-order valence-corrected chi connectivity index (χ3v) is 3.94. The third-order valence-electron chi connectivity index (χ3n) is 2.89. The predicted molar refractivity (Wildman–Crippen MR) is 80.1 cm³/mol. The Bertz CT molecular complexity index is 686. The third kappa shape index (κ3) is 3.19. The largest absolute Gasteiger partial charge is 0.506 e. The molecule has 0 spiro atoms. The standard InChI is InChI=1S/C13H8Cl3F2NO3/c14-7-6(8(15)11(18)9(16)10(7)17)12(20)5(13(21)22)3-19-4-1-2-4/h3-4,20H,1-2H2,(H,21,22). The number of carboxylic acid groups (broad SMARTS) is 1. The molecule has 22 heavy (non-hydrogen) atoms. The quantitative estimate of drug-likeness (QED) is 0.269. The van der Waals surface area contributed by atoms with Crippen molar-refractivity contribution in [3.63, 3.8) is 0 Å². The molecule has 2 rings (SSSR count). The summed E-state index contributed by atoms with van der Waals surface area (Å²) in [6.07, 6.45) is 2.51. The summed E-state index contributed by atoms with van der Waals surface area (Å²) in [6, 6.07) is -0.0215. The summed E-state index contributed by atoms with van der Waals surface area (Å²) >= 11 is 16.7. The minimum atomic E-state index is -1.55. The number of carbonyl (C=O) groups is 1. The molecule has 2 N–H and O–H groups in total. The summed E-state index contributed by atoms with van der Waals surface area (Å²) in [5.41, 5.74) is -1.38. The van der Waals surface area contributed by atoms with E-state index >= 15 is 0 Å². The normalized spacial score (nSPS) is 16.0. The monoisotopic (exact) mass is 369 g/mol. The van der Waals surface area contributed by atoms with Crippen LogP contribution in [0.1, 0.15) is 18.4 Å². The van der Waals surface area contributed by atoms with E-state index in [1.807, 2.05) is 0 Å². The average Bonchev–Trinajstić information content (AvgIpc) is 3.27. The zero-order chi connectivity index (χ0) is 16.6.